The minimum absolute atomic E-state index is 0.286. The second-order valence-electron chi connectivity index (χ2n) is 4.84. The lowest BCUT2D eigenvalue weighted by Crippen LogP contribution is -2.21. The molecule has 0 fully saturated rings. The molecular weight excluding hydrogens is 222 g/mol. The standard InChI is InChI=1S/C15H31N3/c1-3-5-6-7-8-9-10-11-12-13-14-18-15(16)17-4-2/h4H,3,5-14H2,1-2H3,(H2,16,18). The monoisotopic (exact) mass is 253 g/mol. The first-order valence-electron chi connectivity index (χ1n) is 7.62. The summed E-state index contributed by atoms with van der Waals surface area (Å²) in [6.07, 6.45) is 15.2. The number of nitrogens with zero attached hydrogens (tertiary/aromatic N) is 1. The predicted octanol–water partition coefficient (Wildman–Crippen LogP) is 4.52. The summed E-state index contributed by atoms with van der Waals surface area (Å²) in [7, 11) is 0. The Bertz CT molecular complexity index is 212. The van der Waals surface area contributed by atoms with Gasteiger partial charge in [-0.1, -0.05) is 64.7 Å². The lowest BCUT2D eigenvalue weighted by Gasteiger charge is -2.04. The van der Waals surface area contributed by atoms with Crippen LogP contribution in [0.4, 0.5) is 0 Å². The SMILES string of the molecule is CC=NC(=N)NCCCCCCCCCCCC. The van der Waals surface area contributed by atoms with Crippen molar-refractivity contribution in [3.63, 3.8) is 0 Å². The van der Waals surface area contributed by atoms with Gasteiger partial charge in [0.1, 0.15) is 0 Å². The van der Waals surface area contributed by atoms with E-state index in [2.05, 4.69) is 17.2 Å². The number of rotatable bonds is 11. The van der Waals surface area contributed by atoms with Gasteiger partial charge in [-0.3, -0.25) is 5.41 Å². The third kappa shape index (κ3) is 13.2. The van der Waals surface area contributed by atoms with Crippen molar-refractivity contribution < 1.29 is 0 Å². The van der Waals surface area contributed by atoms with E-state index in [9.17, 15) is 0 Å². The van der Waals surface area contributed by atoms with Crippen LogP contribution in [0.1, 0.15) is 78.1 Å². The highest BCUT2D eigenvalue weighted by Crippen LogP contribution is 2.10. The van der Waals surface area contributed by atoms with E-state index in [-0.39, 0.29) is 5.96 Å². The van der Waals surface area contributed by atoms with Gasteiger partial charge < -0.3 is 5.32 Å². The molecule has 0 aromatic heterocycles. The molecule has 3 heteroatoms. The summed E-state index contributed by atoms with van der Waals surface area (Å²) in [5.41, 5.74) is 0. The molecule has 0 aliphatic carbocycles. The van der Waals surface area contributed by atoms with E-state index in [1.54, 1.807) is 6.21 Å². The third-order valence-electron chi connectivity index (χ3n) is 3.08. The van der Waals surface area contributed by atoms with Gasteiger partial charge in [-0.15, -0.1) is 0 Å². The Morgan fingerprint density at radius 3 is 1.94 bits per heavy atom. The lowest BCUT2D eigenvalue weighted by atomic mass is 10.1. The van der Waals surface area contributed by atoms with Crippen molar-refractivity contribution in [3.8, 4) is 0 Å². The van der Waals surface area contributed by atoms with Gasteiger partial charge in [-0.2, -0.15) is 0 Å². The topological polar surface area (TPSA) is 48.2 Å². The van der Waals surface area contributed by atoms with E-state index < -0.39 is 0 Å². The molecule has 0 radical (unpaired) electrons. The first-order chi connectivity index (χ1) is 8.81. The maximum absolute atomic E-state index is 7.41. The Morgan fingerprint density at radius 1 is 0.944 bits per heavy atom. The summed E-state index contributed by atoms with van der Waals surface area (Å²) < 4.78 is 0. The Kier molecular flexibility index (Phi) is 13.5. The number of nitrogens with one attached hydrogen (secondary N) is 2. The van der Waals surface area contributed by atoms with E-state index >= 15 is 0 Å². The fraction of sp³-hybridized carbons (Fsp3) is 0.867. The summed E-state index contributed by atoms with van der Waals surface area (Å²) in [4.78, 5) is 3.85. The molecule has 0 heterocycles. The lowest BCUT2D eigenvalue weighted by molar-refractivity contribution is 0.554. The van der Waals surface area contributed by atoms with Crippen LogP contribution in [0.3, 0.4) is 0 Å². The highest BCUT2D eigenvalue weighted by molar-refractivity contribution is 5.84. The average molecular weight is 253 g/mol. The summed E-state index contributed by atoms with van der Waals surface area (Å²) in [5.74, 6) is 0.286. The third-order valence-corrected chi connectivity index (χ3v) is 3.08. The zero-order valence-electron chi connectivity index (χ0n) is 12.3. The first kappa shape index (κ1) is 17.1. The highest BCUT2D eigenvalue weighted by Gasteiger charge is 1.93. The van der Waals surface area contributed by atoms with E-state index in [4.69, 9.17) is 5.41 Å². The minimum atomic E-state index is 0.286. The molecule has 0 atom stereocenters. The molecule has 0 aromatic rings. The number of aliphatic imine (C=N–C) groups is 1. The maximum atomic E-state index is 7.41. The molecule has 0 aliphatic heterocycles. The highest BCUT2D eigenvalue weighted by atomic mass is 15.1. The molecule has 0 saturated heterocycles. The van der Waals surface area contributed by atoms with Crippen LogP contribution >= 0.6 is 0 Å². The van der Waals surface area contributed by atoms with Crippen LogP contribution in [0.5, 0.6) is 0 Å². The Balaban J connectivity index is 3.05. The quantitative estimate of drug-likeness (QED) is 0.317. The van der Waals surface area contributed by atoms with Gasteiger partial charge in [-0.25, -0.2) is 4.99 Å². The molecule has 0 amide bonds. The van der Waals surface area contributed by atoms with Crippen molar-refractivity contribution in [2.24, 2.45) is 4.99 Å². The summed E-state index contributed by atoms with van der Waals surface area (Å²) in [5, 5.41) is 10.4. The molecule has 0 saturated carbocycles. The van der Waals surface area contributed by atoms with Crippen molar-refractivity contribution in [3.05, 3.63) is 0 Å². The van der Waals surface area contributed by atoms with Crippen LogP contribution in [-0.4, -0.2) is 18.7 Å². The molecule has 18 heavy (non-hydrogen) atoms. The molecular formula is C15H31N3. The largest absolute Gasteiger partial charge is 0.355 e. The zero-order chi connectivity index (χ0) is 13.5. The number of hydrogen-bond acceptors (Lipinski definition) is 1. The van der Waals surface area contributed by atoms with Crippen molar-refractivity contribution in [2.75, 3.05) is 6.54 Å². The van der Waals surface area contributed by atoms with Gasteiger partial charge >= 0.3 is 0 Å². The molecule has 0 spiro atoms. The zero-order valence-corrected chi connectivity index (χ0v) is 12.3. The number of hydrogen-bond donors (Lipinski definition) is 2. The van der Waals surface area contributed by atoms with E-state index in [0.29, 0.717) is 0 Å². The molecule has 0 aromatic carbocycles. The Labute approximate surface area is 113 Å². The number of unbranched alkanes of at least 4 members (excludes halogenated alkanes) is 9. The van der Waals surface area contributed by atoms with Crippen molar-refractivity contribution >= 4 is 12.2 Å². The number of guanidine groups is 1. The van der Waals surface area contributed by atoms with E-state index in [0.717, 1.165) is 13.0 Å². The maximum Gasteiger partial charge on any atom is 0.214 e. The molecule has 106 valence electrons. The van der Waals surface area contributed by atoms with Crippen molar-refractivity contribution in [1.82, 2.24) is 5.32 Å². The van der Waals surface area contributed by atoms with Crippen LogP contribution in [0.2, 0.25) is 0 Å². The van der Waals surface area contributed by atoms with Crippen molar-refractivity contribution in [1.29, 1.82) is 5.41 Å². The van der Waals surface area contributed by atoms with Crippen LogP contribution in [-0.2, 0) is 0 Å². The Hall–Kier alpha value is -0.860. The Morgan fingerprint density at radius 2 is 1.44 bits per heavy atom. The molecule has 3 nitrogen and oxygen atoms in total. The van der Waals surface area contributed by atoms with Crippen LogP contribution in [0, 0.1) is 5.41 Å². The van der Waals surface area contributed by atoms with Crippen LogP contribution in [0.25, 0.3) is 0 Å². The fourth-order valence-corrected chi connectivity index (χ4v) is 1.99. The van der Waals surface area contributed by atoms with E-state index in [1.165, 1.54) is 57.8 Å². The average Bonchev–Trinajstić information content (AvgIpc) is 2.36. The van der Waals surface area contributed by atoms with Crippen LogP contribution in [0.15, 0.2) is 4.99 Å². The minimum Gasteiger partial charge on any atom is -0.355 e. The second-order valence-corrected chi connectivity index (χ2v) is 4.84. The van der Waals surface area contributed by atoms with E-state index in [1.807, 2.05) is 6.92 Å². The second kappa shape index (κ2) is 14.2. The normalized spacial score (nSPS) is 11.0. The first-order valence-corrected chi connectivity index (χ1v) is 7.62. The molecule has 0 bridgehead atoms. The molecule has 0 unspecified atom stereocenters. The smallest absolute Gasteiger partial charge is 0.214 e. The summed E-state index contributed by atoms with van der Waals surface area (Å²) in [6.45, 7) is 4.98. The van der Waals surface area contributed by atoms with Gasteiger partial charge in [0.05, 0.1) is 0 Å². The molecule has 2 N–H and O–H groups in total. The van der Waals surface area contributed by atoms with Gasteiger partial charge in [0.15, 0.2) is 0 Å². The van der Waals surface area contributed by atoms with Crippen LogP contribution < -0.4 is 5.32 Å². The van der Waals surface area contributed by atoms with Gasteiger partial charge in [0, 0.05) is 12.8 Å². The van der Waals surface area contributed by atoms with Gasteiger partial charge in [-0.05, 0) is 13.3 Å². The van der Waals surface area contributed by atoms with Gasteiger partial charge in [0.25, 0.3) is 0 Å². The molecule has 0 rings (SSSR count). The summed E-state index contributed by atoms with van der Waals surface area (Å²) >= 11 is 0. The fourth-order valence-electron chi connectivity index (χ4n) is 1.99. The van der Waals surface area contributed by atoms with Crippen molar-refractivity contribution in [2.45, 2.75) is 78.1 Å². The van der Waals surface area contributed by atoms with Gasteiger partial charge in [0.2, 0.25) is 5.96 Å². The molecule has 0 aliphatic rings. The summed E-state index contributed by atoms with van der Waals surface area (Å²) in [6, 6.07) is 0. The predicted molar refractivity (Wildman–Crippen MR) is 81.7 cm³/mol.